The van der Waals surface area contributed by atoms with Gasteiger partial charge in [-0.3, -0.25) is 4.79 Å². The zero-order valence-corrected chi connectivity index (χ0v) is 9.22. The van der Waals surface area contributed by atoms with Crippen LogP contribution in [0.4, 0.5) is 0 Å². The van der Waals surface area contributed by atoms with Gasteiger partial charge >= 0.3 is 0 Å². The van der Waals surface area contributed by atoms with E-state index < -0.39 is 0 Å². The third-order valence-electron chi connectivity index (χ3n) is 2.52. The van der Waals surface area contributed by atoms with Crippen LogP contribution in [0.1, 0.15) is 5.56 Å². The predicted molar refractivity (Wildman–Crippen MR) is 61.2 cm³/mol. The first-order chi connectivity index (χ1) is 7.79. The van der Waals surface area contributed by atoms with Gasteiger partial charge in [-0.2, -0.15) is 0 Å². The Kier molecular flexibility index (Phi) is 3.19. The van der Waals surface area contributed by atoms with Crippen molar-refractivity contribution in [1.29, 1.82) is 0 Å². The van der Waals surface area contributed by atoms with Crippen LogP contribution < -0.4 is 0 Å². The van der Waals surface area contributed by atoms with E-state index in [1.165, 1.54) is 0 Å². The molecule has 0 aliphatic carbocycles. The van der Waals surface area contributed by atoms with Gasteiger partial charge in [-0.05, 0) is 5.56 Å². The molecule has 0 bridgehead atoms. The number of carbonyl (C=O) groups excluding carboxylic acids is 1. The van der Waals surface area contributed by atoms with E-state index in [1.54, 1.807) is 12.0 Å². The Labute approximate surface area is 94.5 Å². The standard InChI is InChI=1S/C12H14N2O2/c1-16-11-9-14(12(15)7-13-11)8-10-5-3-2-4-6-10/h2-6H,7-9H2,1H3. The molecular formula is C12H14N2O2. The molecule has 1 aliphatic rings. The van der Waals surface area contributed by atoms with Crippen molar-refractivity contribution in [2.75, 3.05) is 20.2 Å². The average Bonchev–Trinajstić information content (AvgIpc) is 2.33. The molecule has 84 valence electrons. The van der Waals surface area contributed by atoms with Gasteiger partial charge in [0, 0.05) is 6.54 Å². The topological polar surface area (TPSA) is 41.9 Å². The molecule has 1 amide bonds. The molecule has 4 nitrogen and oxygen atoms in total. The van der Waals surface area contributed by atoms with Crippen molar-refractivity contribution < 1.29 is 9.53 Å². The van der Waals surface area contributed by atoms with E-state index in [0.717, 1.165) is 5.56 Å². The third-order valence-corrected chi connectivity index (χ3v) is 2.52. The molecule has 1 aromatic rings. The van der Waals surface area contributed by atoms with Crippen molar-refractivity contribution >= 4 is 11.8 Å². The Morgan fingerprint density at radius 2 is 2.12 bits per heavy atom. The van der Waals surface area contributed by atoms with E-state index in [0.29, 0.717) is 19.0 Å². The molecule has 4 heteroatoms. The summed E-state index contributed by atoms with van der Waals surface area (Å²) in [5.74, 6) is 0.667. The summed E-state index contributed by atoms with van der Waals surface area (Å²) in [5.41, 5.74) is 1.12. The summed E-state index contributed by atoms with van der Waals surface area (Å²) in [7, 11) is 1.58. The molecule has 1 aliphatic heterocycles. The van der Waals surface area contributed by atoms with E-state index in [-0.39, 0.29) is 12.5 Å². The number of ether oxygens (including phenoxy) is 1. The lowest BCUT2D eigenvalue weighted by atomic mass is 10.2. The SMILES string of the molecule is COC1=NCC(=O)N(Cc2ccccc2)C1. The van der Waals surface area contributed by atoms with Gasteiger partial charge in [0.2, 0.25) is 11.8 Å². The fourth-order valence-electron chi connectivity index (χ4n) is 1.63. The van der Waals surface area contributed by atoms with E-state index >= 15 is 0 Å². The highest BCUT2D eigenvalue weighted by atomic mass is 16.5. The van der Waals surface area contributed by atoms with E-state index in [4.69, 9.17) is 4.74 Å². The molecule has 2 rings (SSSR count). The van der Waals surface area contributed by atoms with Crippen LogP contribution in [0.25, 0.3) is 0 Å². The lowest BCUT2D eigenvalue weighted by molar-refractivity contribution is -0.130. The zero-order chi connectivity index (χ0) is 11.4. The number of benzene rings is 1. The van der Waals surface area contributed by atoms with Gasteiger partial charge in [0.1, 0.15) is 6.54 Å². The van der Waals surface area contributed by atoms with Crippen molar-refractivity contribution in [3.8, 4) is 0 Å². The van der Waals surface area contributed by atoms with E-state index in [1.807, 2.05) is 30.3 Å². The Morgan fingerprint density at radius 1 is 1.38 bits per heavy atom. The molecular weight excluding hydrogens is 204 g/mol. The second kappa shape index (κ2) is 4.79. The van der Waals surface area contributed by atoms with Crippen molar-refractivity contribution in [2.24, 2.45) is 4.99 Å². The lowest BCUT2D eigenvalue weighted by Gasteiger charge is -2.25. The van der Waals surface area contributed by atoms with Crippen LogP contribution in [-0.4, -0.2) is 36.9 Å². The number of hydrogen-bond acceptors (Lipinski definition) is 3. The minimum absolute atomic E-state index is 0.0460. The highest BCUT2D eigenvalue weighted by molar-refractivity contribution is 5.90. The van der Waals surface area contributed by atoms with Crippen LogP contribution in [-0.2, 0) is 16.1 Å². The Balaban J connectivity index is 2.05. The molecule has 0 atom stereocenters. The maximum atomic E-state index is 11.6. The van der Waals surface area contributed by atoms with Gasteiger partial charge in [0.25, 0.3) is 0 Å². The molecule has 0 radical (unpaired) electrons. The normalized spacial score (nSPS) is 15.9. The first-order valence-electron chi connectivity index (χ1n) is 5.18. The molecule has 16 heavy (non-hydrogen) atoms. The van der Waals surface area contributed by atoms with E-state index in [2.05, 4.69) is 4.99 Å². The Morgan fingerprint density at radius 3 is 2.81 bits per heavy atom. The summed E-state index contributed by atoms with van der Waals surface area (Å²) in [6.45, 7) is 1.27. The van der Waals surface area contributed by atoms with Gasteiger partial charge in [0.05, 0.1) is 13.7 Å². The summed E-state index contributed by atoms with van der Waals surface area (Å²) in [6.07, 6.45) is 0. The molecule has 0 N–H and O–H groups in total. The minimum atomic E-state index is 0.0460. The lowest BCUT2D eigenvalue weighted by Crippen LogP contribution is -2.41. The van der Waals surface area contributed by atoms with Crippen LogP contribution in [0, 0.1) is 0 Å². The highest BCUT2D eigenvalue weighted by Crippen LogP contribution is 2.08. The molecule has 0 spiro atoms. The molecule has 0 aromatic heterocycles. The maximum Gasteiger partial charge on any atom is 0.245 e. The monoisotopic (exact) mass is 218 g/mol. The molecule has 1 aromatic carbocycles. The van der Waals surface area contributed by atoms with Crippen LogP contribution in [0.3, 0.4) is 0 Å². The maximum absolute atomic E-state index is 11.6. The number of hydrogen-bond donors (Lipinski definition) is 0. The minimum Gasteiger partial charge on any atom is -0.483 e. The van der Waals surface area contributed by atoms with Gasteiger partial charge < -0.3 is 9.64 Å². The molecule has 0 saturated heterocycles. The Bertz CT molecular complexity index is 401. The Hall–Kier alpha value is -1.84. The van der Waals surface area contributed by atoms with Crippen molar-refractivity contribution in [1.82, 2.24) is 4.90 Å². The summed E-state index contributed by atoms with van der Waals surface area (Å²) in [5, 5.41) is 0. The van der Waals surface area contributed by atoms with Crippen LogP contribution in [0.15, 0.2) is 35.3 Å². The number of methoxy groups -OCH3 is 1. The van der Waals surface area contributed by atoms with E-state index in [9.17, 15) is 4.79 Å². The first kappa shape index (κ1) is 10.7. The molecule has 1 heterocycles. The fraction of sp³-hybridized carbons (Fsp3) is 0.333. The molecule has 0 saturated carbocycles. The average molecular weight is 218 g/mol. The van der Waals surface area contributed by atoms with Crippen molar-refractivity contribution in [3.63, 3.8) is 0 Å². The first-order valence-corrected chi connectivity index (χ1v) is 5.18. The second-order valence-electron chi connectivity index (χ2n) is 3.65. The van der Waals surface area contributed by atoms with Crippen LogP contribution in [0.2, 0.25) is 0 Å². The molecule has 0 unspecified atom stereocenters. The van der Waals surface area contributed by atoms with Crippen LogP contribution in [0.5, 0.6) is 0 Å². The number of amides is 1. The highest BCUT2D eigenvalue weighted by Gasteiger charge is 2.20. The largest absolute Gasteiger partial charge is 0.483 e. The number of carbonyl (C=O) groups is 1. The smallest absolute Gasteiger partial charge is 0.245 e. The van der Waals surface area contributed by atoms with Gasteiger partial charge in [0.15, 0.2) is 0 Å². The summed E-state index contributed by atoms with van der Waals surface area (Å²) in [4.78, 5) is 17.4. The van der Waals surface area contributed by atoms with Crippen molar-refractivity contribution in [3.05, 3.63) is 35.9 Å². The van der Waals surface area contributed by atoms with Crippen LogP contribution >= 0.6 is 0 Å². The third kappa shape index (κ3) is 2.39. The van der Waals surface area contributed by atoms with Gasteiger partial charge in [-0.1, -0.05) is 30.3 Å². The zero-order valence-electron chi connectivity index (χ0n) is 9.22. The molecule has 0 fully saturated rings. The predicted octanol–water partition coefficient (Wildman–Crippen LogP) is 1.07. The fourth-order valence-corrected chi connectivity index (χ4v) is 1.63. The number of rotatable bonds is 2. The summed E-state index contributed by atoms with van der Waals surface area (Å²) in [6, 6.07) is 9.91. The summed E-state index contributed by atoms with van der Waals surface area (Å²) >= 11 is 0. The van der Waals surface area contributed by atoms with Gasteiger partial charge in [-0.15, -0.1) is 0 Å². The van der Waals surface area contributed by atoms with Crippen molar-refractivity contribution in [2.45, 2.75) is 6.54 Å². The quantitative estimate of drug-likeness (QED) is 0.745. The van der Waals surface area contributed by atoms with Gasteiger partial charge in [-0.25, -0.2) is 4.99 Å². The second-order valence-corrected chi connectivity index (χ2v) is 3.65. The number of aliphatic imine (C=N–C) groups is 1. The number of nitrogens with zero attached hydrogens (tertiary/aromatic N) is 2. The summed E-state index contributed by atoms with van der Waals surface area (Å²) < 4.78 is 5.06.